The lowest BCUT2D eigenvalue weighted by atomic mass is 10.0. The molecule has 7 rings (SSSR count). The van der Waals surface area contributed by atoms with Crippen molar-refractivity contribution >= 4 is 16.6 Å². The highest BCUT2D eigenvalue weighted by molar-refractivity contribution is 5.93. The van der Waals surface area contributed by atoms with Crippen LogP contribution in [0.4, 0.5) is 0 Å². The molecule has 7 heteroatoms. The molecule has 3 heterocycles. The van der Waals surface area contributed by atoms with Crippen molar-refractivity contribution in [1.82, 2.24) is 29.6 Å². The molecule has 0 atom stereocenters. The lowest BCUT2D eigenvalue weighted by molar-refractivity contribution is 0.415. The molecule has 0 N–H and O–H groups in total. The van der Waals surface area contributed by atoms with E-state index in [9.17, 15) is 0 Å². The zero-order valence-electron chi connectivity index (χ0n) is 20.6. The van der Waals surface area contributed by atoms with E-state index in [1.807, 2.05) is 60.7 Å². The molecule has 4 aromatic carbocycles. The Balaban J connectivity index is 1.63. The summed E-state index contributed by atoms with van der Waals surface area (Å²) in [5.41, 5.74) is 7.29. The van der Waals surface area contributed by atoms with Crippen molar-refractivity contribution in [2.45, 2.75) is 0 Å². The molecule has 7 aromatic rings. The predicted molar refractivity (Wildman–Crippen MR) is 148 cm³/mol. The summed E-state index contributed by atoms with van der Waals surface area (Å²) < 4.78 is 9.48. The standard InChI is InChI=1S/C31H22N6O/c1-38-25-17-18-27-23(19-25)20-26(31-33-34-35-37(27)31)30-32-28(21-11-5-2-6-12-21)29(22-13-7-3-8-14-22)36(30)24-15-9-4-10-16-24/h2-20H,1H3. The molecule has 0 aliphatic carbocycles. The molecule has 0 fully saturated rings. The van der Waals surface area contributed by atoms with Gasteiger partial charge in [-0.1, -0.05) is 78.9 Å². The van der Waals surface area contributed by atoms with Gasteiger partial charge in [0.15, 0.2) is 5.65 Å². The Hall–Kier alpha value is -5.30. The second kappa shape index (κ2) is 8.97. The number of nitrogens with zero attached hydrogens (tertiary/aromatic N) is 6. The van der Waals surface area contributed by atoms with Crippen LogP contribution in [-0.4, -0.2) is 36.7 Å². The van der Waals surface area contributed by atoms with Gasteiger partial charge in [-0.2, -0.15) is 4.52 Å². The number of fused-ring (bicyclic) bond motifs is 3. The van der Waals surface area contributed by atoms with Gasteiger partial charge in [0, 0.05) is 22.2 Å². The second-order valence-corrected chi connectivity index (χ2v) is 8.93. The Labute approximate surface area is 218 Å². The lowest BCUT2D eigenvalue weighted by Crippen LogP contribution is -2.02. The van der Waals surface area contributed by atoms with E-state index >= 15 is 0 Å². The van der Waals surface area contributed by atoms with E-state index in [0.717, 1.165) is 56.2 Å². The number of hydrogen-bond donors (Lipinski definition) is 0. The molecule has 7 nitrogen and oxygen atoms in total. The average molecular weight is 495 g/mol. The SMILES string of the molecule is COc1ccc2c(c1)cc(-c1nc(-c3ccccc3)c(-c3ccccc3)n1-c1ccccc1)c1nnnn12. The monoisotopic (exact) mass is 494 g/mol. The maximum absolute atomic E-state index is 5.51. The maximum Gasteiger partial charge on any atom is 0.190 e. The number of aromatic nitrogens is 6. The van der Waals surface area contributed by atoms with Gasteiger partial charge in [-0.05, 0) is 46.8 Å². The normalized spacial score (nSPS) is 11.3. The summed E-state index contributed by atoms with van der Waals surface area (Å²) in [7, 11) is 1.66. The molecule has 0 saturated heterocycles. The Morgan fingerprint density at radius 3 is 2.11 bits per heavy atom. The third-order valence-corrected chi connectivity index (χ3v) is 6.70. The summed E-state index contributed by atoms with van der Waals surface area (Å²) in [4.78, 5) is 5.31. The maximum atomic E-state index is 5.51. The van der Waals surface area contributed by atoms with Crippen molar-refractivity contribution in [2.24, 2.45) is 0 Å². The molecule has 0 saturated carbocycles. The number of benzene rings is 4. The van der Waals surface area contributed by atoms with Crippen LogP contribution in [0.1, 0.15) is 0 Å². The van der Waals surface area contributed by atoms with Crippen molar-refractivity contribution in [2.75, 3.05) is 7.11 Å². The van der Waals surface area contributed by atoms with E-state index in [1.54, 1.807) is 11.6 Å². The Kier molecular flexibility index (Phi) is 5.18. The van der Waals surface area contributed by atoms with Crippen LogP contribution in [0, 0.1) is 0 Å². The average Bonchev–Trinajstić information content (AvgIpc) is 3.64. The minimum absolute atomic E-state index is 0.629. The number of hydrogen-bond acceptors (Lipinski definition) is 5. The molecule has 0 aliphatic rings. The van der Waals surface area contributed by atoms with Crippen molar-refractivity contribution in [3.8, 4) is 45.3 Å². The van der Waals surface area contributed by atoms with Crippen LogP contribution >= 0.6 is 0 Å². The molecule has 0 radical (unpaired) electrons. The van der Waals surface area contributed by atoms with Crippen LogP contribution in [0.25, 0.3) is 56.1 Å². The number of ether oxygens (including phenoxy) is 1. The van der Waals surface area contributed by atoms with Crippen molar-refractivity contribution in [3.63, 3.8) is 0 Å². The van der Waals surface area contributed by atoms with Gasteiger partial charge in [0.25, 0.3) is 0 Å². The molecular formula is C31H22N6O. The number of rotatable bonds is 5. The molecule has 0 unspecified atom stereocenters. The first kappa shape index (κ1) is 21.9. The van der Waals surface area contributed by atoms with Gasteiger partial charge in [0.2, 0.25) is 0 Å². The zero-order chi connectivity index (χ0) is 25.5. The van der Waals surface area contributed by atoms with Crippen molar-refractivity contribution < 1.29 is 4.74 Å². The number of para-hydroxylation sites is 1. The fourth-order valence-corrected chi connectivity index (χ4v) is 4.96. The lowest BCUT2D eigenvalue weighted by Gasteiger charge is -2.14. The minimum atomic E-state index is 0.629. The molecule has 0 spiro atoms. The van der Waals surface area contributed by atoms with E-state index in [-0.39, 0.29) is 0 Å². The molecule has 3 aromatic heterocycles. The fourth-order valence-electron chi connectivity index (χ4n) is 4.96. The first-order valence-electron chi connectivity index (χ1n) is 12.3. The van der Waals surface area contributed by atoms with Crippen LogP contribution in [0.15, 0.2) is 115 Å². The second-order valence-electron chi connectivity index (χ2n) is 8.93. The highest BCUT2D eigenvalue weighted by atomic mass is 16.5. The first-order valence-corrected chi connectivity index (χ1v) is 12.3. The quantitative estimate of drug-likeness (QED) is 0.274. The summed E-state index contributed by atoms with van der Waals surface area (Å²) in [6.45, 7) is 0. The van der Waals surface area contributed by atoms with Gasteiger partial charge < -0.3 is 4.74 Å². The predicted octanol–water partition coefficient (Wildman–Crippen LogP) is 6.47. The minimum Gasteiger partial charge on any atom is -0.497 e. The van der Waals surface area contributed by atoms with E-state index < -0.39 is 0 Å². The Morgan fingerprint density at radius 1 is 0.711 bits per heavy atom. The number of imidazole rings is 1. The van der Waals surface area contributed by atoms with E-state index in [1.165, 1.54) is 0 Å². The molecule has 0 bridgehead atoms. The topological polar surface area (TPSA) is 70.1 Å². The van der Waals surface area contributed by atoms with Gasteiger partial charge in [-0.25, -0.2) is 4.98 Å². The van der Waals surface area contributed by atoms with Crippen LogP contribution in [0.5, 0.6) is 5.75 Å². The van der Waals surface area contributed by atoms with Gasteiger partial charge in [0.05, 0.1) is 29.6 Å². The molecule has 0 amide bonds. The van der Waals surface area contributed by atoms with Crippen LogP contribution in [0.2, 0.25) is 0 Å². The highest BCUT2D eigenvalue weighted by Crippen LogP contribution is 2.40. The van der Waals surface area contributed by atoms with Crippen molar-refractivity contribution in [1.29, 1.82) is 0 Å². The highest BCUT2D eigenvalue weighted by Gasteiger charge is 2.25. The Morgan fingerprint density at radius 2 is 1.39 bits per heavy atom. The van der Waals surface area contributed by atoms with E-state index in [2.05, 4.69) is 74.7 Å². The van der Waals surface area contributed by atoms with Gasteiger partial charge >= 0.3 is 0 Å². The van der Waals surface area contributed by atoms with E-state index in [4.69, 9.17) is 9.72 Å². The third kappa shape index (κ3) is 3.52. The molecule has 38 heavy (non-hydrogen) atoms. The van der Waals surface area contributed by atoms with Gasteiger partial charge in [0.1, 0.15) is 11.6 Å². The largest absolute Gasteiger partial charge is 0.497 e. The number of pyridine rings is 1. The smallest absolute Gasteiger partial charge is 0.190 e. The summed E-state index contributed by atoms with van der Waals surface area (Å²) in [5, 5.41) is 13.7. The fraction of sp³-hybridized carbons (Fsp3) is 0.0323. The molecular weight excluding hydrogens is 472 g/mol. The van der Waals surface area contributed by atoms with Gasteiger partial charge in [-0.3, -0.25) is 4.57 Å². The van der Waals surface area contributed by atoms with Crippen LogP contribution < -0.4 is 4.74 Å². The van der Waals surface area contributed by atoms with Crippen molar-refractivity contribution in [3.05, 3.63) is 115 Å². The third-order valence-electron chi connectivity index (χ3n) is 6.70. The zero-order valence-corrected chi connectivity index (χ0v) is 20.6. The van der Waals surface area contributed by atoms with Crippen LogP contribution in [0.3, 0.4) is 0 Å². The summed E-state index contributed by atoms with van der Waals surface area (Å²) in [5.74, 6) is 1.51. The molecule has 182 valence electrons. The van der Waals surface area contributed by atoms with Gasteiger partial charge in [-0.15, -0.1) is 5.10 Å². The number of tetrazole rings is 1. The number of methoxy groups -OCH3 is 1. The summed E-state index contributed by atoms with van der Waals surface area (Å²) in [6, 6.07) is 38.9. The van der Waals surface area contributed by atoms with E-state index in [0.29, 0.717) is 5.65 Å². The Bertz CT molecular complexity index is 1890. The van der Waals surface area contributed by atoms with Crippen LogP contribution in [-0.2, 0) is 0 Å². The first-order chi connectivity index (χ1) is 18.8. The summed E-state index contributed by atoms with van der Waals surface area (Å²) >= 11 is 0. The summed E-state index contributed by atoms with van der Waals surface area (Å²) in [6.07, 6.45) is 0. The molecule has 0 aliphatic heterocycles.